The number of likely N-dealkylation sites (N-methyl/N-ethyl adjacent to an activating group) is 1. The van der Waals surface area contributed by atoms with Crippen molar-refractivity contribution in [2.24, 2.45) is 5.73 Å². The lowest BCUT2D eigenvalue weighted by atomic mass is 10.2. The number of primary amides is 1. The Balaban J connectivity index is 4.12. The van der Waals surface area contributed by atoms with Gasteiger partial charge in [-0.25, -0.2) is 0 Å². The Morgan fingerprint density at radius 3 is 2.42 bits per heavy atom. The number of carbonyl (C=O) groups excluding carboxylic acids is 1. The van der Waals surface area contributed by atoms with Crippen molar-refractivity contribution in [3.63, 3.8) is 0 Å². The van der Waals surface area contributed by atoms with E-state index in [4.69, 9.17) is 10.8 Å². The summed E-state index contributed by atoms with van der Waals surface area (Å²) < 4.78 is 0. The molecular formula is C8H18N2O2. The number of amides is 1. The molecule has 0 spiro atoms. The second kappa shape index (κ2) is 5.97. The molecular weight excluding hydrogens is 156 g/mol. The molecule has 1 atom stereocenters. The molecule has 0 aromatic heterocycles. The lowest BCUT2D eigenvalue weighted by Gasteiger charge is -2.26. The van der Waals surface area contributed by atoms with Crippen molar-refractivity contribution >= 4 is 5.91 Å². The predicted molar refractivity (Wildman–Crippen MR) is 47.6 cm³/mol. The molecule has 0 aliphatic heterocycles. The largest absolute Gasteiger partial charge is 0.395 e. The highest BCUT2D eigenvalue weighted by Gasteiger charge is 2.19. The van der Waals surface area contributed by atoms with Gasteiger partial charge in [0.15, 0.2) is 0 Å². The van der Waals surface area contributed by atoms with Gasteiger partial charge in [-0.2, -0.15) is 0 Å². The Morgan fingerprint density at radius 1 is 1.58 bits per heavy atom. The maximum atomic E-state index is 10.9. The first-order valence-corrected chi connectivity index (χ1v) is 4.31. The average Bonchev–Trinajstić information content (AvgIpc) is 2.03. The van der Waals surface area contributed by atoms with Crippen LogP contribution in [0.4, 0.5) is 0 Å². The van der Waals surface area contributed by atoms with E-state index in [0.29, 0.717) is 13.0 Å². The van der Waals surface area contributed by atoms with E-state index in [1.165, 1.54) is 0 Å². The Morgan fingerprint density at radius 2 is 2.17 bits per heavy atom. The van der Waals surface area contributed by atoms with Gasteiger partial charge in [0, 0.05) is 6.54 Å². The van der Waals surface area contributed by atoms with Crippen molar-refractivity contribution in [3.05, 3.63) is 0 Å². The highest BCUT2D eigenvalue weighted by molar-refractivity contribution is 5.79. The number of aliphatic hydroxyl groups is 1. The normalized spacial score (nSPS) is 13.3. The highest BCUT2D eigenvalue weighted by atomic mass is 16.3. The van der Waals surface area contributed by atoms with Crippen LogP contribution in [0.25, 0.3) is 0 Å². The summed E-state index contributed by atoms with van der Waals surface area (Å²) in [5.41, 5.74) is 5.19. The van der Waals surface area contributed by atoms with Gasteiger partial charge in [-0.05, 0) is 13.0 Å². The maximum Gasteiger partial charge on any atom is 0.234 e. The standard InChI is InChI=1S/C8H18N2O2/c1-3-7(8(9)12)10(4-2)5-6-11/h7,11H,3-6H2,1-2H3,(H2,9,12). The van der Waals surface area contributed by atoms with Crippen LogP contribution in [0.5, 0.6) is 0 Å². The molecule has 1 amide bonds. The molecule has 0 saturated heterocycles. The average molecular weight is 174 g/mol. The Kier molecular flexibility index (Phi) is 5.66. The topological polar surface area (TPSA) is 66.6 Å². The minimum atomic E-state index is -0.312. The van der Waals surface area contributed by atoms with Crippen LogP contribution >= 0.6 is 0 Å². The van der Waals surface area contributed by atoms with Crippen LogP contribution in [0.1, 0.15) is 20.3 Å². The Hall–Kier alpha value is -0.610. The first kappa shape index (κ1) is 11.4. The molecule has 0 aromatic rings. The summed E-state index contributed by atoms with van der Waals surface area (Å²) in [5, 5.41) is 8.70. The third-order valence-corrected chi connectivity index (χ3v) is 1.95. The number of aliphatic hydroxyl groups excluding tert-OH is 1. The van der Waals surface area contributed by atoms with Crippen LogP contribution in [0.3, 0.4) is 0 Å². The van der Waals surface area contributed by atoms with Crippen molar-refractivity contribution in [2.45, 2.75) is 26.3 Å². The van der Waals surface area contributed by atoms with E-state index in [1.54, 1.807) is 0 Å². The minimum absolute atomic E-state index is 0.0671. The Bertz CT molecular complexity index is 139. The molecule has 0 heterocycles. The van der Waals surface area contributed by atoms with Gasteiger partial charge < -0.3 is 10.8 Å². The number of hydrogen-bond acceptors (Lipinski definition) is 3. The van der Waals surface area contributed by atoms with Gasteiger partial charge in [0.2, 0.25) is 5.91 Å². The lowest BCUT2D eigenvalue weighted by molar-refractivity contribution is -0.123. The van der Waals surface area contributed by atoms with Crippen LogP contribution in [0.2, 0.25) is 0 Å². The summed E-state index contributed by atoms with van der Waals surface area (Å²) in [6, 6.07) is -0.234. The van der Waals surface area contributed by atoms with Gasteiger partial charge in [0.1, 0.15) is 0 Å². The van der Waals surface area contributed by atoms with Crippen molar-refractivity contribution < 1.29 is 9.90 Å². The van der Waals surface area contributed by atoms with Gasteiger partial charge >= 0.3 is 0 Å². The van der Waals surface area contributed by atoms with E-state index >= 15 is 0 Å². The SMILES string of the molecule is CCC(C(N)=O)N(CC)CCO. The summed E-state index contributed by atoms with van der Waals surface area (Å²) in [6.45, 7) is 5.17. The van der Waals surface area contributed by atoms with Crippen LogP contribution in [-0.4, -0.2) is 41.7 Å². The molecule has 4 nitrogen and oxygen atoms in total. The molecule has 0 bridgehead atoms. The molecule has 12 heavy (non-hydrogen) atoms. The van der Waals surface area contributed by atoms with Crippen LogP contribution in [0.15, 0.2) is 0 Å². The molecule has 0 saturated carbocycles. The van der Waals surface area contributed by atoms with Crippen molar-refractivity contribution in [1.82, 2.24) is 4.90 Å². The number of nitrogens with zero attached hydrogens (tertiary/aromatic N) is 1. The maximum absolute atomic E-state index is 10.9. The summed E-state index contributed by atoms with van der Waals surface area (Å²) in [5.74, 6) is -0.312. The van der Waals surface area contributed by atoms with Crippen LogP contribution in [0, 0.1) is 0 Å². The number of hydrogen-bond donors (Lipinski definition) is 2. The second-order valence-corrected chi connectivity index (χ2v) is 2.68. The molecule has 3 N–H and O–H groups in total. The molecule has 0 radical (unpaired) electrons. The molecule has 0 aliphatic carbocycles. The lowest BCUT2D eigenvalue weighted by Crippen LogP contribution is -2.45. The molecule has 0 aliphatic rings. The fourth-order valence-corrected chi connectivity index (χ4v) is 1.30. The van der Waals surface area contributed by atoms with E-state index in [0.717, 1.165) is 6.54 Å². The third-order valence-electron chi connectivity index (χ3n) is 1.95. The van der Waals surface area contributed by atoms with E-state index in [1.807, 2.05) is 18.7 Å². The van der Waals surface area contributed by atoms with Crippen molar-refractivity contribution in [2.75, 3.05) is 19.7 Å². The van der Waals surface area contributed by atoms with Gasteiger partial charge in [0.25, 0.3) is 0 Å². The molecule has 1 unspecified atom stereocenters. The van der Waals surface area contributed by atoms with E-state index < -0.39 is 0 Å². The molecule has 4 heteroatoms. The van der Waals surface area contributed by atoms with Gasteiger partial charge in [0.05, 0.1) is 12.6 Å². The fraction of sp³-hybridized carbons (Fsp3) is 0.875. The second-order valence-electron chi connectivity index (χ2n) is 2.68. The zero-order valence-corrected chi connectivity index (χ0v) is 7.79. The summed E-state index contributed by atoms with van der Waals surface area (Å²) in [6.07, 6.45) is 0.698. The van der Waals surface area contributed by atoms with E-state index in [9.17, 15) is 4.79 Å². The predicted octanol–water partition coefficient (Wildman–Crippen LogP) is -0.435. The van der Waals surface area contributed by atoms with Crippen molar-refractivity contribution in [1.29, 1.82) is 0 Å². The monoisotopic (exact) mass is 174 g/mol. The number of rotatable bonds is 6. The molecule has 0 rings (SSSR count). The first-order valence-electron chi connectivity index (χ1n) is 4.31. The van der Waals surface area contributed by atoms with Crippen molar-refractivity contribution in [3.8, 4) is 0 Å². The first-order chi connectivity index (χ1) is 5.67. The minimum Gasteiger partial charge on any atom is -0.395 e. The summed E-state index contributed by atoms with van der Waals surface area (Å²) >= 11 is 0. The van der Waals surface area contributed by atoms with E-state index in [2.05, 4.69) is 0 Å². The zero-order valence-electron chi connectivity index (χ0n) is 7.79. The quantitative estimate of drug-likeness (QED) is 0.574. The molecule has 0 fully saturated rings. The molecule has 72 valence electrons. The summed E-state index contributed by atoms with van der Waals surface area (Å²) in [7, 11) is 0. The van der Waals surface area contributed by atoms with Crippen LogP contribution in [-0.2, 0) is 4.79 Å². The third kappa shape index (κ3) is 3.19. The smallest absolute Gasteiger partial charge is 0.234 e. The molecule has 0 aromatic carbocycles. The van der Waals surface area contributed by atoms with Gasteiger partial charge in [-0.3, -0.25) is 9.69 Å². The number of carbonyl (C=O) groups is 1. The van der Waals surface area contributed by atoms with Gasteiger partial charge in [-0.15, -0.1) is 0 Å². The summed E-state index contributed by atoms with van der Waals surface area (Å²) in [4.78, 5) is 12.8. The van der Waals surface area contributed by atoms with E-state index in [-0.39, 0.29) is 18.6 Å². The Labute approximate surface area is 73.3 Å². The van der Waals surface area contributed by atoms with Gasteiger partial charge in [-0.1, -0.05) is 13.8 Å². The highest BCUT2D eigenvalue weighted by Crippen LogP contribution is 2.02. The zero-order chi connectivity index (χ0) is 9.56. The number of nitrogens with two attached hydrogens (primary N) is 1. The van der Waals surface area contributed by atoms with Crippen LogP contribution < -0.4 is 5.73 Å². The fourth-order valence-electron chi connectivity index (χ4n) is 1.30.